The summed E-state index contributed by atoms with van der Waals surface area (Å²) in [6.07, 6.45) is 5.22. The van der Waals surface area contributed by atoms with Crippen LogP contribution < -0.4 is 0 Å². The lowest BCUT2D eigenvalue weighted by atomic mass is 10.1. The molecule has 0 radical (unpaired) electrons. The van der Waals surface area contributed by atoms with Crippen LogP contribution in [0.3, 0.4) is 0 Å². The van der Waals surface area contributed by atoms with Crippen LogP contribution >= 0.6 is 11.6 Å². The van der Waals surface area contributed by atoms with E-state index < -0.39 is 0 Å². The molecule has 6 heteroatoms. The zero-order chi connectivity index (χ0) is 18.8. The summed E-state index contributed by atoms with van der Waals surface area (Å²) in [5, 5.41) is 5.35. The van der Waals surface area contributed by atoms with Crippen molar-refractivity contribution in [3.63, 3.8) is 0 Å². The maximum atomic E-state index is 13.1. The minimum absolute atomic E-state index is 0.0473. The lowest BCUT2D eigenvalue weighted by Gasteiger charge is -2.21. The molecule has 1 aromatic carbocycles. The maximum Gasteiger partial charge on any atom is 0.227 e. The minimum Gasteiger partial charge on any atom is -0.467 e. The largest absolute Gasteiger partial charge is 0.467 e. The molecule has 5 nitrogen and oxygen atoms in total. The Bertz CT molecular complexity index is 929. The van der Waals surface area contributed by atoms with Gasteiger partial charge in [-0.25, -0.2) is 0 Å². The number of rotatable bonds is 6. The van der Waals surface area contributed by atoms with Gasteiger partial charge < -0.3 is 9.32 Å². The molecule has 0 saturated heterocycles. The van der Waals surface area contributed by atoms with Gasteiger partial charge in [0.15, 0.2) is 0 Å². The van der Waals surface area contributed by atoms with E-state index in [-0.39, 0.29) is 5.91 Å². The highest BCUT2D eigenvalue weighted by Gasteiger charge is 2.24. The van der Waals surface area contributed by atoms with Crippen molar-refractivity contribution in [2.75, 3.05) is 0 Å². The number of fused-ring (bicyclic) bond motifs is 1. The number of carbonyl (C=O) groups excluding carboxylic acids is 1. The number of amides is 1. The highest BCUT2D eigenvalue weighted by molar-refractivity contribution is 6.30. The number of nitrogens with zero attached hydrogens (tertiary/aromatic N) is 3. The van der Waals surface area contributed by atoms with E-state index in [9.17, 15) is 4.79 Å². The van der Waals surface area contributed by atoms with E-state index >= 15 is 0 Å². The van der Waals surface area contributed by atoms with Crippen molar-refractivity contribution in [1.82, 2.24) is 14.7 Å². The minimum atomic E-state index is 0.0473. The molecule has 0 saturated carbocycles. The fourth-order valence-electron chi connectivity index (χ4n) is 3.72. The number of furan rings is 1. The smallest absolute Gasteiger partial charge is 0.227 e. The second kappa shape index (κ2) is 7.61. The zero-order valence-electron chi connectivity index (χ0n) is 15.3. The van der Waals surface area contributed by atoms with Crippen LogP contribution in [-0.4, -0.2) is 20.6 Å². The quantitative estimate of drug-likeness (QED) is 0.648. The van der Waals surface area contributed by atoms with Crippen molar-refractivity contribution in [3.05, 3.63) is 76.0 Å². The van der Waals surface area contributed by atoms with Gasteiger partial charge in [-0.2, -0.15) is 5.10 Å². The van der Waals surface area contributed by atoms with Crippen molar-refractivity contribution in [3.8, 4) is 0 Å². The summed E-state index contributed by atoms with van der Waals surface area (Å²) in [6.45, 7) is 0.932. The van der Waals surface area contributed by atoms with Crippen molar-refractivity contribution >= 4 is 17.5 Å². The third-order valence-corrected chi connectivity index (χ3v) is 5.34. The molecule has 0 unspecified atom stereocenters. The molecule has 0 bridgehead atoms. The Hall–Kier alpha value is -2.53. The Kier molecular flexibility index (Phi) is 5.03. The Labute approximate surface area is 163 Å². The van der Waals surface area contributed by atoms with Crippen LogP contribution in [0, 0.1) is 0 Å². The van der Waals surface area contributed by atoms with E-state index in [1.54, 1.807) is 6.26 Å². The normalized spacial score (nSPS) is 13.0. The zero-order valence-corrected chi connectivity index (χ0v) is 16.1. The molecule has 2 aromatic heterocycles. The molecule has 27 heavy (non-hydrogen) atoms. The van der Waals surface area contributed by atoms with Crippen molar-refractivity contribution in [2.45, 2.75) is 38.8 Å². The number of benzene rings is 1. The van der Waals surface area contributed by atoms with Gasteiger partial charge in [-0.1, -0.05) is 23.7 Å². The highest BCUT2D eigenvalue weighted by atomic mass is 35.5. The van der Waals surface area contributed by atoms with Crippen molar-refractivity contribution in [1.29, 1.82) is 0 Å². The Balaban J connectivity index is 1.56. The van der Waals surface area contributed by atoms with Gasteiger partial charge in [-0.15, -0.1) is 0 Å². The standard InChI is InChI=1S/C21H22ClN3O2/c1-24-20-6-2-5-18(20)19(23-24)14-25(13-17-4-3-11-27-17)21(26)12-15-7-9-16(22)10-8-15/h3-4,7-11H,2,5-6,12-14H2,1H3. The molecular weight excluding hydrogens is 362 g/mol. The van der Waals surface area contributed by atoms with Crippen molar-refractivity contribution in [2.24, 2.45) is 7.05 Å². The molecule has 0 fully saturated rings. The van der Waals surface area contributed by atoms with Gasteiger partial charge in [0.25, 0.3) is 0 Å². The lowest BCUT2D eigenvalue weighted by molar-refractivity contribution is -0.132. The number of aryl methyl sites for hydroxylation is 1. The molecule has 0 atom stereocenters. The topological polar surface area (TPSA) is 51.3 Å². The SMILES string of the molecule is Cn1nc(CN(Cc2ccco2)C(=O)Cc2ccc(Cl)cc2)c2c1CCC2. The fourth-order valence-corrected chi connectivity index (χ4v) is 3.84. The first-order valence-electron chi connectivity index (χ1n) is 9.18. The maximum absolute atomic E-state index is 13.1. The molecule has 1 amide bonds. The summed E-state index contributed by atoms with van der Waals surface area (Å²) in [6, 6.07) is 11.1. The first-order valence-corrected chi connectivity index (χ1v) is 9.56. The second-order valence-corrected chi connectivity index (χ2v) is 7.42. The number of hydrogen-bond acceptors (Lipinski definition) is 3. The van der Waals surface area contributed by atoms with E-state index in [1.807, 2.05) is 53.0 Å². The molecule has 0 N–H and O–H groups in total. The molecule has 1 aliphatic rings. The predicted octanol–water partition coefficient (Wildman–Crippen LogP) is 3.93. The summed E-state index contributed by atoms with van der Waals surface area (Å²) in [5.41, 5.74) is 4.55. The number of aromatic nitrogens is 2. The highest BCUT2D eigenvalue weighted by Crippen LogP contribution is 2.26. The first kappa shape index (κ1) is 17.9. The van der Waals surface area contributed by atoms with Gasteiger partial charge in [0, 0.05) is 17.8 Å². The first-order chi connectivity index (χ1) is 13.1. The van der Waals surface area contributed by atoms with Gasteiger partial charge in [-0.3, -0.25) is 9.48 Å². The summed E-state index contributed by atoms with van der Waals surface area (Å²) < 4.78 is 7.44. The van der Waals surface area contributed by atoms with Crippen LogP contribution in [0.5, 0.6) is 0 Å². The van der Waals surface area contributed by atoms with Crippen LogP contribution in [0.2, 0.25) is 5.02 Å². The number of hydrogen-bond donors (Lipinski definition) is 0. The predicted molar refractivity (Wildman–Crippen MR) is 103 cm³/mol. The average molecular weight is 384 g/mol. The van der Waals surface area contributed by atoms with Crippen LogP contribution in [0.4, 0.5) is 0 Å². The van der Waals surface area contributed by atoms with Crippen LogP contribution in [0.15, 0.2) is 47.1 Å². The number of carbonyl (C=O) groups is 1. The second-order valence-electron chi connectivity index (χ2n) is 6.98. The molecule has 4 rings (SSSR count). The van der Waals surface area contributed by atoms with Crippen LogP contribution in [0.1, 0.15) is 34.7 Å². The molecule has 0 aliphatic heterocycles. The Morgan fingerprint density at radius 2 is 2.04 bits per heavy atom. The molecule has 0 spiro atoms. The number of halogens is 1. The summed E-state index contributed by atoms with van der Waals surface area (Å²) in [4.78, 5) is 14.9. The van der Waals surface area contributed by atoms with Crippen molar-refractivity contribution < 1.29 is 9.21 Å². The van der Waals surface area contributed by atoms with E-state index in [2.05, 4.69) is 5.10 Å². The fraction of sp³-hybridized carbons (Fsp3) is 0.333. The summed E-state index contributed by atoms with van der Waals surface area (Å²) in [7, 11) is 1.99. The summed E-state index contributed by atoms with van der Waals surface area (Å²) >= 11 is 5.95. The molecular formula is C21H22ClN3O2. The lowest BCUT2D eigenvalue weighted by Crippen LogP contribution is -2.31. The van der Waals surface area contributed by atoms with Gasteiger partial charge in [0.05, 0.1) is 31.5 Å². The van der Waals surface area contributed by atoms with Gasteiger partial charge in [-0.05, 0) is 54.7 Å². The van der Waals surface area contributed by atoms with E-state index in [0.717, 1.165) is 36.3 Å². The van der Waals surface area contributed by atoms with Gasteiger partial charge in [0.1, 0.15) is 5.76 Å². The molecule has 2 heterocycles. The van der Waals surface area contributed by atoms with Gasteiger partial charge in [0.2, 0.25) is 5.91 Å². The van der Waals surface area contributed by atoms with E-state index in [1.165, 1.54) is 11.3 Å². The molecule has 3 aromatic rings. The Morgan fingerprint density at radius 1 is 1.22 bits per heavy atom. The summed E-state index contributed by atoms with van der Waals surface area (Å²) in [5.74, 6) is 0.818. The van der Waals surface area contributed by atoms with E-state index in [0.29, 0.717) is 24.5 Å². The molecule has 1 aliphatic carbocycles. The van der Waals surface area contributed by atoms with E-state index in [4.69, 9.17) is 16.0 Å². The monoisotopic (exact) mass is 383 g/mol. The Morgan fingerprint density at radius 3 is 2.78 bits per heavy atom. The van der Waals surface area contributed by atoms with Gasteiger partial charge >= 0.3 is 0 Å². The van der Waals surface area contributed by atoms with Crippen LogP contribution in [0.25, 0.3) is 0 Å². The third kappa shape index (κ3) is 3.93. The average Bonchev–Trinajstić information content (AvgIpc) is 3.38. The molecule has 140 valence electrons. The van der Waals surface area contributed by atoms with Crippen LogP contribution in [-0.2, 0) is 44.2 Å². The third-order valence-electron chi connectivity index (χ3n) is 5.09.